The lowest BCUT2D eigenvalue weighted by molar-refractivity contribution is -0.0940. The van der Waals surface area contributed by atoms with Gasteiger partial charge in [-0.05, 0) is 18.4 Å². The number of rotatable bonds is 2. The van der Waals surface area contributed by atoms with Gasteiger partial charge in [0.05, 0.1) is 0 Å². The highest BCUT2D eigenvalue weighted by atomic mass is 19.4. The zero-order valence-corrected chi connectivity index (χ0v) is 11.4. The van der Waals surface area contributed by atoms with Gasteiger partial charge in [0.2, 0.25) is 0 Å². The number of carbonyl (C=O) groups excluding carboxylic acids is 1. The van der Waals surface area contributed by atoms with E-state index >= 15 is 0 Å². The topological polar surface area (TPSA) is 29.5 Å². The molecule has 0 unspecified atom stereocenters. The highest BCUT2D eigenvalue weighted by Crippen LogP contribution is 2.30. The largest absolute Gasteiger partial charge is 0.445 e. The Hall–Kier alpha value is -1.98. The van der Waals surface area contributed by atoms with Crippen LogP contribution >= 0.6 is 0 Å². The van der Waals surface area contributed by atoms with E-state index in [0.717, 1.165) is 11.6 Å². The van der Waals surface area contributed by atoms with Crippen LogP contribution < -0.4 is 0 Å². The average molecular weight is 299 g/mol. The van der Waals surface area contributed by atoms with E-state index in [-0.39, 0.29) is 32.5 Å². The van der Waals surface area contributed by atoms with Crippen molar-refractivity contribution in [3.05, 3.63) is 47.5 Å². The Balaban J connectivity index is 1.90. The summed E-state index contributed by atoms with van der Waals surface area (Å²) in [5, 5.41) is 0. The molecule has 0 spiro atoms. The van der Waals surface area contributed by atoms with Crippen molar-refractivity contribution in [3.63, 3.8) is 0 Å². The van der Waals surface area contributed by atoms with Gasteiger partial charge in [-0.3, -0.25) is 0 Å². The van der Waals surface area contributed by atoms with Crippen LogP contribution in [-0.2, 0) is 11.3 Å². The first-order valence-corrected chi connectivity index (χ1v) is 6.68. The molecule has 3 nitrogen and oxygen atoms in total. The molecule has 0 radical (unpaired) electrons. The maximum Gasteiger partial charge on any atom is 0.412 e. The van der Waals surface area contributed by atoms with Crippen molar-refractivity contribution in [2.45, 2.75) is 25.6 Å². The molecule has 0 saturated carbocycles. The fraction of sp³-hybridized carbons (Fsp3) is 0.400. The molecule has 6 heteroatoms. The molecule has 1 aliphatic rings. The minimum absolute atomic E-state index is 0.0635. The molecular weight excluding hydrogens is 283 g/mol. The molecule has 0 aromatic heterocycles. The molecule has 0 N–H and O–H groups in total. The quantitative estimate of drug-likeness (QED) is 0.775. The Morgan fingerprint density at radius 1 is 1.24 bits per heavy atom. The molecule has 1 amide bonds. The third kappa shape index (κ3) is 4.51. The Morgan fingerprint density at radius 3 is 2.62 bits per heavy atom. The van der Waals surface area contributed by atoms with E-state index in [4.69, 9.17) is 4.74 Å². The number of hydrogen-bond acceptors (Lipinski definition) is 2. The van der Waals surface area contributed by atoms with Crippen LogP contribution in [0.15, 0.2) is 42.0 Å². The number of carbonyl (C=O) groups is 1. The summed E-state index contributed by atoms with van der Waals surface area (Å²) in [4.78, 5) is 13.2. The van der Waals surface area contributed by atoms with Crippen molar-refractivity contribution in [1.29, 1.82) is 0 Å². The zero-order valence-electron chi connectivity index (χ0n) is 11.4. The number of ether oxygens (including phenoxy) is 1. The minimum Gasteiger partial charge on any atom is -0.445 e. The second-order valence-corrected chi connectivity index (χ2v) is 4.82. The smallest absolute Gasteiger partial charge is 0.412 e. The van der Waals surface area contributed by atoms with Crippen LogP contribution in [-0.4, -0.2) is 30.3 Å². The van der Waals surface area contributed by atoms with Gasteiger partial charge < -0.3 is 9.64 Å². The van der Waals surface area contributed by atoms with Gasteiger partial charge in [0, 0.05) is 18.7 Å². The highest BCUT2D eigenvalue weighted by Gasteiger charge is 2.34. The molecule has 1 aromatic rings. The highest BCUT2D eigenvalue weighted by molar-refractivity contribution is 5.68. The molecule has 1 heterocycles. The summed E-state index contributed by atoms with van der Waals surface area (Å²) in [6, 6.07) is 9.14. The number of alkyl halides is 3. The normalized spacial score (nSPS) is 16.1. The molecule has 1 aliphatic heterocycles. The summed E-state index contributed by atoms with van der Waals surface area (Å²) < 4.78 is 43.0. The van der Waals surface area contributed by atoms with Crippen LogP contribution in [0.3, 0.4) is 0 Å². The Morgan fingerprint density at radius 2 is 1.95 bits per heavy atom. The van der Waals surface area contributed by atoms with Crippen LogP contribution in [0.2, 0.25) is 0 Å². The minimum atomic E-state index is -4.32. The Kier molecular flexibility index (Phi) is 4.88. The molecule has 0 fully saturated rings. The maximum atomic E-state index is 12.6. The summed E-state index contributed by atoms with van der Waals surface area (Å²) in [7, 11) is 0. The first-order chi connectivity index (χ1) is 9.97. The van der Waals surface area contributed by atoms with Crippen LogP contribution in [0.25, 0.3) is 0 Å². The van der Waals surface area contributed by atoms with Gasteiger partial charge in [0.1, 0.15) is 6.61 Å². The van der Waals surface area contributed by atoms with E-state index in [9.17, 15) is 18.0 Å². The number of halogens is 3. The molecule has 1 aromatic carbocycles. The van der Waals surface area contributed by atoms with Gasteiger partial charge in [0.15, 0.2) is 0 Å². The van der Waals surface area contributed by atoms with Gasteiger partial charge in [-0.25, -0.2) is 4.79 Å². The fourth-order valence-electron chi connectivity index (χ4n) is 2.11. The van der Waals surface area contributed by atoms with Gasteiger partial charge in [-0.2, -0.15) is 13.2 Å². The van der Waals surface area contributed by atoms with E-state index in [1.165, 1.54) is 4.90 Å². The molecule has 2 rings (SSSR count). The summed E-state index contributed by atoms with van der Waals surface area (Å²) in [5.74, 6) is 0. The van der Waals surface area contributed by atoms with Gasteiger partial charge in [-0.1, -0.05) is 36.4 Å². The number of amides is 1. The van der Waals surface area contributed by atoms with E-state index in [0.29, 0.717) is 0 Å². The molecule has 0 aliphatic carbocycles. The molecule has 114 valence electrons. The van der Waals surface area contributed by atoms with Crippen molar-refractivity contribution in [3.8, 4) is 0 Å². The average Bonchev–Trinajstić information content (AvgIpc) is 2.71. The number of benzene rings is 1. The molecular formula is C15H16F3NO2. The monoisotopic (exact) mass is 299 g/mol. The van der Waals surface area contributed by atoms with Crippen LogP contribution in [0, 0.1) is 0 Å². The van der Waals surface area contributed by atoms with Gasteiger partial charge in [0.25, 0.3) is 0 Å². The second kappa shape index (κ2) is 6.65. The van der Waals surface area contributed by atoms with E-state index in [2.05, 4.69) is 0 Å². The number of hydrogen-bond donors (Lipinski definition) is 0. The molecule has 0 saturated heterocycles. The summed E-state index contributed by atoms with van der Waals surface area (Å²) in [6.07, 6.45) is -3.61. The predicted molar refractivity (Wildman–Crippen MR) is 71.6 cm³/mol. The first-order valence-electron chi connectivity index (χ1n) is 6.68. The standard InChI is InChI=1S/C15H16F3NO2/c16-15(17,18)13-7-4-9-19(10-8-13)14(20)21-11-12-5-2-1-3-6-12/h1-3,5-6,8H,4,7,9-11H2. The lowest BCUT2D eigenvalue weighted by Crippen LogP contribution is -2.32. The van der Waals surface area contributed by atoms with E-state index in [1.54, 1.807) is 0 Å². The third-order valence-electron chi connectivity index (χ3n) is 3.26. The van der Waals surface area contributed by atoms with Crippen LogP contribution in [0.4, 0.5) is 18.0 Å². The zero-order chi connectivity index (χ0) is 15.3. The maximum absolute atomic E-state index is 12.6. The van der Waals surface area contributed by atoms with Crippen LogP contribution in [0.1, 0.15) is 18.4 Å². The lowest BCUT2D eigenvalue weighted by atomic mass is 10.1. The van der Waals surface area contributed by atoms with Crippen molar-refractivity contribution in [2.24, 2.45) is 0 Å². The lowest BCUT2D eigenvalue weighted by Gasteiger charge is -2.18. The van der Waals surface area contributed by atoms with E-state index in [1.807, 2.05) is 30.3 Å². The van der Waals surface area contributed by atoms with Crippen molar-refractivity contribution >= 4 is 6.09 Å². The van der Waals surface area contributed by atoms with Crippen LogP contribution in [0.5, 0.6) is 0 Å². The summed E-state index contributed by atoms with van der Waals surface area (Å²) >= 11 is 0. The predicted octanol–water partition coefficient (Wildman–Crippen LogP) is 3.91. The first kappa shape index (κ1) is 15.4. The molecule has 0 atom stereocenters. The summed E-state index contributed by atoms with van der Waals surface area (Å²) in [5.41, 5.74) is 0.271. The fourth-order valence-corrected chi connectivity index (χ4v) is 2.11. The third-order valence-corrected chi connectivity index (χ3v) is 3.26. The summed E-state index contributed by atoms with van der Waals surface area (Å²) in [6.45, 7) is 0.318. The Bertz CT molecular complexity index is 511. The number of nitrogens with zero attached hydrogens (tertiary/aromatic N) is 1. The second-order valence-electron chi connectivity index (χ2n) is 4.82. The van der Waals surface area contributed by atoms with E-state index < -0.39 is 17.8 Å². The van der Waals surface area contributed by atoms with Crippen molar-refractivity contribution < 1.29 is 22.7 Å². The number of allylic oxidation sites excluding steroid dienone is 1. The SMILES string of the molecule is O=C(OCc1ccccc1)N1CC=C(C(F)(F)F)CCC1. The molecule has 0 bridgehead atoms. The van der Waals surface area contributed by atoms with Crippen molar-refractivity contribution in [2.75, 3.05) is 13.1 Å². The van der Waals surface area contributed by atoms with Crippen molar-refractivity contribution in [1.82, 2.24) is 4.90 Å². The van der Waals surface area contributed by atoms with Gasteiger partial charge >= 0.3 is 12.3 Å². The Labute approximate surface area is 121 Å². The molecule has 21 heavy (non-hydrogen) atoms. The van der Waals surface area contributed by atoms with Gasteiger partial charge in [-0.15, -0.1) is 0 Å².